The highest BCUT2D eigenvalue weighted by molar-refractivity contribution is 5.77. The van der Waals surface area contributed by atoms with E-state index in [1.807, 2.05) is 17.3 Å². The number of aromatic amines is 2. The summed E-state index contributed by atoms with van der Waals surface area (Å²) in [4.78, 5) is 30.9. The normalized spacial score (nSPS) is 15.9. The van der Waals surface area contributed by atoms with Gasteiger partial charge in [-0.1, -0.05) is 83.1 Å². The van der Waals surface area contributed by atoms with Gasteiger partial charge >= 0.3 is 0 Å². The van der Waals surface area contributed by atoms with Gasteiger partial charge in [-0.3, -0.25) is 4.79 Å². The SMILES string of the molecule is CC(C)CC(=O)N1CCC[C@H]1c1ncc(-c2ccc(-c3ccc(-c4cnc(CC(C)(C)C)[nH]4)cc3)cc2)[nH]1. The van der Waals surface area contributed by atoms with Crippen molar-refractivity contribution in [1.82, 2.24) is 24.8 Å². The molecule has 0 spiro atoms. The molecule has 1 atom stereocenters. The summed E-state index contributed by atoms with van der Waals surface area (Å²) in [6, 6.07) is 17.2. The van der Waals surface area contributed by atoms with Crippen LogP contribution in [0.15, 0.2) is 60.9 Å². The minimum absolute atomic E-state index is 0.0483. The van der Waals surface area contributed by atoms with E-state index in [1.54, 1.807) is 0 Å². The van der Waals surface area contributed by atoms with Crippen LogP contribution in [-0.2, 0) is 11.2 Å². The van der Waals surface area contributed by atoms with Gasteiger partial charge in [-0.2, -0.15) is 0 Å². The van der Waals surface area contributed by atoms with Crippen molar-refractivity contribution in [3.63, 3.8) is 0 Å². The molecular weight excluding hydrogens is 470 g/mol. The topological polar surface area (TPSA) is 77.7 Å². The molecule has 4 aromatic rings. The van der Waals surface area contributed by atoms with Crippen molar-refractivity contribution in [2.45, 2.75) is 66.3 Å². The van der Waals surface area contributed by atoms with Gasteiger partial charge in [0.15, 0.2) is 0 Å². The molecule has 3 heterocycles. The first kappa shape index (κ1) is 26.0. The standard InChI is InChI=1S/C32H39N5O/c1-21(2)17-30(38)37-16-6-7-28(37)31-34-20-27(36-31)25-14-10-23(11-15-25)22-8-12-24(13-9-22)26-19-33-29(35-26)18-32(3,4)5/h8-15,19-21,28H,6-7,16-18H2,1-5H3,(H,33,35)(H,34,36)/t28-/m0/s1. The van der Waals surface area contributed by atoms with Gasteiger partial charge < -0.3 is 14.9 Å². The molecule has 0 saturated carbocycles. The van der Waals surface area contributed by atoms with E-state index in [4.69, 9.17) is 0 Å². The molecule has 0 unspecified atom stereocenters. The van der Waals surface area contributed by atoms with E-state index in [-0.39, 0.29) is 17.4 Å². The Kier molecular flexibility index (Phi) is 7.24. The highest BCUT2D eigenvalue weighted by Gasteiger charge is 2.32. The third-order valence-electron chi connectivity index (χ3n) is 7.12. The quantitative estimate of drug-likeness (QED) is 0.272. The summed E-state index contributed by atoms with van der Waals surface area (Å²) in [5, 5.41) is 0. The molecule has 2 N–H and O–H groups in total. The molecule has 1 fully saturated rings. The van der Waals surface area contributed by atoms with Gasteiger partial charge in [0.1, 0.15) is 11.6 Å². The molecule has 2 aromatic heterocycles. The lowest BCUT2D eigenvalue weighted by Gasteiger charge is -2.24. The summed E-state index contributed by atoms with van der Waals surface area (Å²) in [7, 11) is 0. The average Bonchev–Trinajstić information content (AvgIpc) is 3.63. The minimum atomic E-state index is 0.0483. The summed E-state index contributed by atoms with van der Waals surface area (Å²) in [6.07, 6.45) is 7.31. The zero-order chi connectivity index (χ0) is 26.9. The fraction of sp³-hybridized carbons (Fsp3) is 0.406. The molecule has 0 radical (unpaired) electrons. The van der Waals surface area contributed by atoms with Crippen molar-refractivity contribution in [3.05, 3.63) is 72.6 Å². The van der Waals surface area contributed by atoms with E-state index in [2.05, 4.69) is 103 Å². The van der Waals surface area contributed by atoms with E-state index in [0.29, 0.717) is 12.3 Å². The van der Waals surface area contributed by atoms with Crippen LogP contribution in [0.25, 0.3) is 33.6 Å². The lowest BCUT2D eigenvalue weighted by Crippen LogP contribution is -2.31. The third kappa shape index (κ3) is 5.90. The van der Waals surface area contributed by atoms with E-state index in [0.717, 1.165) is 60.0 Å². The Balaban J connectivity index is 1.27. The van der Waals surface area contributed by atoms with Crippen LogP contribution < -0.4 is 0 Å². The molecule has 0 bridgehead atoms. The third-order valence-corrected chi connectivity index (χ3v) is 7.12. The number of aromatic nitrogens is 4. The van der Waals surface area contributed by atoms with Gasteiger partial charge in [-0.25, -0.2) is 9.97 Å². The van der Waals surface area contributed by atoms with Gasteiger partial charge in [0.25, 0.3) is 0 Å². The molecular formula is C32H39N5O. The van der Waals surface area contributed by atoms with Crippen LogP contribution in [0.5, 0.6) is 0 Å². The molecule has 198 valence electrons. The van der Waals surface area contributed by atoms with Crippen LogP contribution in [-0.4, -0.2) is 37.3 Å². The second-order valence-corrected chi connectivity index (χ2v) is 12.2. The van der Waals surface area contributed by atoms with Gasteiger partial charge in [0, 0.05) is 19.4 Å². The Morgan fingerprint density at radius 3 is 2.03 bits per heavy atom. The first-order valence-corrected chi connectivity index (χ1v) is 13.8. The summed E-state index contributed by atoms with van der Waals surface area (Å²) in [5.41, 5.74) is 6.79. The van der Waals surface area contributed by atoms with Crippen LogP contribution in [0.4, 0.5) is 0 Å². The van der Waals surface area contributed by atoms with Crippen LogP contribution in [0.2, 0.25) is 0 Å². The summed E-state index contributed by atoms with van der Waals surface area (Å²) in [6.45, 7) is 11.7. The van der Waals surface area contributed by atoms with Crippen LogP contribution in [0, 0.1) is 11.3 Å². The number of hydrogen-bond donors (Lipinski definition) is 2. The Hall–Kier alpha value is -3.67. The predicted molar refractivity (Wildman–Crippen MR) is 153 cm³/mol. The van der Waals surface area contributed by atoms with Gasteiger partial charge in [-0.15, -0.1) is 0 Å². The van der Waals surface area contributed by atoms with Crippen molar-refractivity contribution in [1.29, 1.82) is 0 Å². The maximum atomic E-state index is 12.7. The second-order valence-electron chi connectivity index (χ2n) is 12.2. The molecule has 1 aliphatic heterocycles. The molecule has 1 aliphatic rings. The molecule has 0 aliphatic carbocycles. The first-order valence-electron chi connectivity index (χ1n) is 13.8. The smallest absolute Gasteiger partial charge is 0.223 e. The van der Waals surface area contributed by atoms with Crippen molar-refractivity contribution in [2.24, 2.45) is 11.3 Å². The minimum Gasteiger partial charge on any atom is -0.342 e. The highest BCUT2D eigenvalue weighted by atomic mass is 16.2. The number of benzene rings is 2. The maximum Gasteiger partial charge on any atom is 0.223 e. The number of carbonyl (C=O) groups excluding carboxylic acids is 1. The molecule has 1 amide bonds. The number of imidazole rings is 2. The van der Waals surface area contributed by atoms with Crippen LogP contribution in [0.1, 0.15) is 71.6 Å². The largest absolute Gasteiger partial charge is 0.342 e. The predicted octanol–water partition coefficient (Wildman–Crippen LogP) is 7.43. The Morgan fingerprint density at radius 1 is 0.895 bits per heavy atom. The Bertz CT molecular complexity index is 1370. The van der Waals surface area contributed by atoms with E-state index in [1.165, 1.54) is 11.1 Å². The number of rotatable bonds is 7. The summed E-state index contributed by atoms with van der Waals surface area (Å²) >= 11 is 0. The molecule has 2 aromatic carbocycles. The second kappa shape index (κ2) is 10.6. The van der Waals surface area contributed by atoms with Crippen LogP contribution >= 0.6 is 0 Å². The Morgan fingerprint density at radius 2 is 1.45 bits per heavy atom. The Labute approximate surface area is 225 Å². The number of likely N-dealkylation sites (tertiary alicyclic amines) is 1. The zero-order valence-electron chi connectivity index (χ0n) is 23.2. The lowest BCUT2D eigenvalue weighted by atomic mass is 9.92. The first-order chi connectivity index (χ1) is 18.2. The number of hydrogen-bond acceptors (Lipinski definition) is 3. The van der Waals surface area contributed by atoms with Crippen molar-refractivity contribution in [2.75, 3.05) is 6.54 Å². The van der Waals surface area contributed by atoms with Gasteiger partial charge in [0.05, 0.1) is 29.8 Å². The monoisotopic (exact) mass is 509 g/mol. The van der Waals surface area contributed by atoms with Gasteiger partial charge in [0.2, 0.25) is 5.91 Å². The van der Waals surface area contributed by atoms with E-state index >= 15 is 0 Å². The lowest BCUT2D eigenvalue weighted by molar-refractivity contribution is -0.133. The zero-order valence-corrected chi connectivity index (χ0v) is 23.2. The van der Waals surface area contributed by atoms with E-state index < -0.39 is 0 Å². The molecule has 5 rings (SSSR count). The molecule has 6 heteroatoms. The molecule has 38 heavy (non-hydrogen) atoms. The number of nitrogens with one attached hydrogen (secondary N) is 2. The maximum absolute atomic E-state index is 12.7. The number of H-pyrrole nitrogens is 2. The highest BCUT2D eigenvalue weighted by Crippen LogP contribution is 2.33. The summed E-state index contributed by atoms with van der Waals surface area (Å²) in [5.74, 6) is 2.51. The number of amides is 1. The van der Waals surface area contributed by atoms with Crippen molar-refractivity contribution in [3.8, 4) is 33.6 Å². The van der Waals surface area contributed by atoms with E-state index in [9.17, 15) is 4.79 Å². The summed E-state index contributed by atoms with van der Waals surface area (Å²) < 4.78 is 0. The van der Waals surface area contributed by atoms with Gasteiger partial charge in [-0.05, 0) is 46.4 Å². The number of carbonyl (C=O) groups is 1. The molecule has 6 nitrogen and oxygen atoms in total. The average molecular weight is 510 g/mol. The van der Waals surface area contributed by atoms with Crippen LogP contribution in [0.3, 0.4) is 0 Å². The fourth-order valence-corrected chi connectivity index (χ4v) is 5.25. The fourth-order valence-electron chi connectivity index (χ4n) is 5.25. The molecule has 1 saturated heterocycles. The van der Waals surface area contributed by atoms with Crippen molar-refractivity contribution < 1.29 is 4.79 Å². The van der Waals surface area contributed by atoms with Crippen molar-refractivity contribution >= 4 is 5.91 Å². The number of nitrogens with zero attached hydrogens (tertiary/aromatic N) is 3.